The summed E-state index contributed by atoms with van der Waals surface area (Å²) in [4.78, 5) is 4.91. The van der Waals surface area contributed by atoms with Crippen LogP contribution in [0.1, 0.15) is 24.3 Å². The topological polar surface area (TPSA) is 6.48 Å². The molecule has 3 rings (SSSR count). The number of hydrogen-bond donors (Lipinski definition) is 0. The van der Waals surface area contributed by atoms with Crippen molar-refractivity contribution in [2.24, 2.45) is 0 Å². The van der Waals surface area contributed by atoms with Crippen molar-refractivity contribution >= 4 is 21.6 Å². The minimum atomic E-state index is 0.842. The molecule has 0 aromatic heterocycles. The van der Waals surface area contributed by atoms with Gasteiger partial charge in [-0.15, -0.1) is 0 Å². The third-order valence-corrected chi connectivity index (χ3v) is 4.53. The van der Waals surface area contributed by atoms with E-state index in [1.165, 1.54) is 41.7 Å². The maximum atomic E-state index is 3.70. The van der Waals surface area contributed by atoms with Crippen molar-refractivity contribution in [3.63, 3.8) is 0 Å². The van der Waals surface area contributed by atoms with Crippen molar-refractivity contribution < 1.29 is 0 Å². The number of rotatable bonds is 2. The zero-order chi connectivity index (χ0) is 11.8. The monoisotopic (exact) mass is 294 g/mol. The first-order valence-electron chi connectivity index (χ1n) is 6.47. The molecular formula is C14H19BrN2. The molecule has 1 aliphatic heterocycles. The van der Waals surface area contributed by atoms with Crippen LogP contribution in [0.2, 0.25) is 0 Å². The Hall–Kier alpha value is -0.540. The fourth-order valence-corrected chi connectivity index (χ4v) is 2.99. The number of nitrogens with zero attached hydrogens (tertiary/aromatic N) is 2. The van der Waals surface area contributed by atoms with E-state index in [4.69, 9.17) is 0 Å². The number of hydrogen-bond acceptors (Lipinski definition) is 2. The second-order valence-corrected chi connectivity index (χ2v) is 6.13. The molecule has 1 aromatic carbocycles. The molecule has 0 atom stereocenters. The molecule has 0 spiro atoms. The Bertz CT molecular complexity index is 407. The summed E-state index contributed by atoms with van der Waals surface area (Å²) in [5.74, 6) is 0.842. The van der Waals surface area contributed by atoms with E-state index in [9.17, 15) is 0 Å². The zero-order valence-electron chi connectivity index (χ0n) is 10.3. The van der Waals surface area contributed by atoms with E-state index in [0.717, 1.165) is 19.0 Å². The third kappa shape index (κ3) is 2.50. The van der Waals surface area contributed by atoms with Gasteiger partial charge in [0.1, 0.15) is 0 Å². The zero-order valence-corrected chi connectivity index (χ0v) is 11.9. The number of piperazine rings is 1. The fourth-order valence-electron chi connectivity index (χ4n) is 2.49. The fraction of sp³-hybridized carbons (Fsp3) is 0.571. The van der Waals surface area contributed by atoms with Crippen molar-refractivity contribution in [3.8, 4) is 0 Å². The molecule has 1 aromatic rings. The first-order valence-corrected chi connectivity index (χ1v) is 7.26. The maximum Gasteiger partial charge on any atom is 0.0514 e. The van der Waals surface area contributed by atoms with E-state index in [0.29, 0.717) is 0 Å². The highest BCUT2D eigenvalue weighted by molar-refractivity contribution is 9.10. The largest absolute Gasteiger partial charge is 0.368 e. The van der Waals surface area contributed by atoms with Crippen LogP contribution in [0.3, 0.4) is 0 Å². The summed E-state index contributed by atoms with van der Waals surface area (Å²) >= 11 is 3.70. The number of likely N-dealkylation sites (N-methyl/N-ethyl adjacent to an activating group) is 1. The van der Waals surface area contributed by atoms with E-state index in [-0.39, 0.29) is 0 Å². The second-order valence-electron chi connectivity index (χ2n) is 5.28. The van der Waals surface area contributed by atoms with Gasteiger partial charge in [-0.3, -0.25) is 0 Å². The molecular weight excluding hydrogens is 276 g/mol. The Kier molecular flexibility index (Phi) is 3.14. The molecule has 0 unspecified atom stereocenters. The Balaban J connectivity index is 1.82. The summed E-state index contributed by atoms with van der Waals surface area (Å²) in [5.41, 5.74) is 2.92. The first-order chi connectivity index (χ1) is 8.24. The van der Waals surface area contributed by atoms with E-state index >= 15 is 0 Å². The van der Waals surface area contributed by atoms with Crippen LogP contribution in [0.5, 0.6) is 0 Å². The van der Waals surface area contributed by atoms with E-state index in [2.05, 4.69) is 51.0 Å². The highest BCUT2D eigenvalue weighted by Gasteiger charge is 2.25. The first kappa shape index (κ1) is 11.5. The van der Waals surface area contributed by atoms with Gasteiger partial charge in [0.2, 0.25) is 0 Å². The Morgan fingerprint density at radius 1 is 1.12 bits per heavy atom. The number of anilines is 1. The van der Waals surface area contributed by atoms with E-state index < -0.39 is 0 Å². The van der Waals surface area contributed by atoms with Crippen LogP contribution in [0.25, 0.3) is 0 Å². The van der Waals surface area contributed by atoms with E-state index in [1.807, 2.05) is 0 Å². The van der Waals surface area contributed by atoms with Gasteiger partial charge in [0.05, 0.1) is 5.69 Å². The molecule has 1 heterocycles. The molecule has 1 saturated carbocycles. The van der Waals surface area contributed by atoms with Crippen molar-refractivity contribution in [2.75, 3.05) is 38.1 Å². The van der Waals surface area contributed by atoms with Gasteiger partial charge >= 0.3 is 0 Å². The molecule has 2 fully saturated rings. The van der Waals surface area contributed by atoms with Gasteiger partial charge in [0, 0.05) is 30.7 Å². The van der Waals surface area contributed by atoms with Gasteiger partial charge in [0.15, 0.2) is 0 Å². The Morgan fingerprint density at radius 3 is 2.47 bits per heavy atom. The summed E-state index contributed by atoms with van der Waals surface area (Å²) in [7, 11) is 2.20. The van der Waals surface area contributed by atoms with Gasteiger partial charge in [-0.1, -0.05) is 6.07 Å². The van der Waals surface area contributed by atoms with Crippen LogP contribution >= 0.6 is 15.9 Å². The summed E-state index contributed by atoms with van der Waals surface area (Å²) in [6.07, 6.45) is 2.76. The van der Waals surface area contributed by atoms with Gasteiger partial charge in [0.25, 0.3) is 0 Å². The van der Waals surface area contributed by atoms with Crippen LogP contribution in [0.4, 0.5) is 5.69 Å². The highest BCUT2D eigenvalue weighted by atomic mass is 79.9. The predicted molar refractivity (Wildman–Crippen MR) is 75.8 cm³/mol. The molecule has 0 radical (unpaired) electrons. The molecule has 2 aliphatic rings. The van der Waals surface area contributed by atoms with Crippen molar-refractivity contribution in [2.45, 2.75) is 18.8 Å². The highest BCUT2D eigenvalue weighted by Crippen LogP contribution is 2.42. The summed E-state index contributed by atoms with van der Waals surface area (Å²) in [5, 5.41) is 0. The summed E-state index contributed by atoms with van der Waals surface area (Å²) in [6.45, 7) is 4.62. The Labute approximate surface area is 112 Å². The average Bonchev–Trinajstić information content (AvgIpc) is 3.15. The maximum absolute atomic E-state index is 3.70. The van der Waals surface area contributed by atoms with Crippen molar-refractivity contribution in [1.82, 2.24) is 4.90 Å². The number of benzene rings is 1. The molecule has 3 heteroatoms. The van der Waals surface area contributed by atoms with Gasteiger partial charge in [-0.25, -0.2) is 0 Å². The van der Waals surface area contributed by atoms with Gasteiger partial charge in [-0.05, 0) is 59.4 Å². The average molecular weight is 295 g/mol. The summed E-state index contributed by atoms with van der Waals surface area (Å²) in [6, 6.07) is 6.90. The summed E-state index contributed by atoms with van der Waals surface area (Å²) < 4.78 is 1.24. The smallest absolute Gasteiger partial charge is 0.0514 e. The van der Waals surface area contributed by atoms with Crippen molar-refractivity contribution in [1.29, 1.82) is 0 Å². The molecule has 92 valence electrons. The quantitative estimate of drug-likeness (QED) is 0.827. The molecule has 1 saturated heterocycles. The third-order valence-electron chi connectivity index (χ3n) is 3.86. The minimum absolute atomic E-state index is 0.842. The lowest BCUT2D eigenvalue weighted by Crippen LogP contribution is -2.44. The Morgan fingerprint density at radius 2 is 1.82 bits per heavy atom. The molecule has 1 aliphatic carbocycles. The minimum Gasteiger partial charge on any atom is -0.368 e. The molecule has 2 nitrogen and oxygen atoms in total. The molecule has 0 bridgehead atoms. The predicted octanol–water partition coefficient (Wildman–Crippen LogP) is 3.08. The normalized spacial score (nSPS) is 21.9. The lowest BCUT2D eigenvalue weighted by atomic mass is 10.1. The van der Waals surface area contributed by atoms with Crippen LogP contribution < -0.4 is 4.90 Å². The van der Waals surface area contributed by atoms with E-state index in [1.54, 1.807) is 0 Å². The van der Waals surface area contributed by atoms with Crippen LogP contribution in [0, 0.1) is 0 Å². The molecule has 17 heavy (non-hydrogen) atoms. The van der Waals surface area contributed by atoms with Crippen LogP contribution in [-0.4, -0.2) is 38.1 Å². The van der Waals surface area contributed by atoms with Crippen LogP contribution in [-0.2, 0) is 0 Å². The van der Waals surface area contributed by atoms with Gasteiger partial charge < -0.3 is 9.80 Å². The second kappa shape index (κ2) is 4.62. The van der Waals surface area contributed by atoms with Crippen molar-refractivity contribution in [3.05, 3.63) is 28.2 Å². The molecule has 0 amide bonds. The van der Waals surface area contributed by atoms with Gasteiger partial charge in [-0.2, -0.15) is 0 Å². The standard InChI is InChI=1S/C14H19BrN2/c1-16-6-8-17(9-7-16)14-10-12(11-2-3-11)4-5-13(14)15/h4-5,10-11H,2-3,6-9H2,1H3. The SMILES string of the molecule is CN1CCN(c2cc(C3CC3)ccc2Br)CC1. The van der Waals surface area contributed by atoms with Crippen LogP contribution in [0.15, 0.2) is 22.7 Å². The molecule has 0 N–H and O–H groups in total. The number of halogens is 1. The lowest BCUT2D eigenvalue weighted by molar-refractivity contribution is 0.312. The lowest BCUT2D eigenvalue weighted by Gasteiger charge is -2.34.